The lowest BCUT2D eigenvalue weighted by Crippen LogP contribution is -2.07. The summed E-state index contributed by atoms with van der Waals surface area (Å²) in [6.07, 6.45) is 6.81. The van der Waals surface area contributed by atoms with Gasteiger partial charge in [0.25, 0.3) is 0 Å². The first-order valence-electron chi connectivity index (χ1n) is 7.30. The molecular weight excluding hydrogens is 307 g/mol. The van der Waals surface area contributed by atoms with Crippen LogP contribution in [0.2, 0.25) is 10.0 Å². The third-order valence-electron chi connectivity index (χ3n) is 4.03. The van der Waals surface area contributed by atoms with Crippen molar-refractivity contribution in [2.45, 2.75) is 44.2 Å². The quantitative estimate of drug-likeness (QED) is 0.893. The molecular formula is C16H18Cl2N2O. The first kappa shape index (κ1) is 14.9. The number of aliphatic hydroxyl groups excluding tert-OH is 1. The predicted octanol–water partition coefficient (Wildman–Crippen LogP) is 4.58. The maximum Gasteiger partial charge on any atom is 0.0847 e. The average Bonchev–Trinajstić information content (AvgIpc) is 3.07. The molecule has 21 heavy (non-hydrogen) atoms. The Labute approximate surface area is 134 Å². The van der Waals surface area contributed by atoms with Gasteiger partial charge in [-0.25, -0.2) is 0 Å². The molecule has 0 radical (unpaired) electrons. The van der Waals surface area contributed by atoms with Gasteiger partial charge >= 0.3 is 0 Å². The van der Waals surface area contributed by atoms with E-state index < -0.39 is 6.10 Å². The number of benzene rings is 1. The van der Waals surface area contributed by atoms with E-state index in [9.17, 15) is 5.11 Å². The van der Waals surface area contributed by atoms with Crippen LogP contribution < -0.4 is 0 Å². The van der Waals surface area contributed by atoms with Gasteiger partial charge in [-0.15, -0.1) is 0 Å². The summed E-state index contributed by atoms with van der Waals surface area (Å²) in [5.74, 6) is 0. The third kappa shape index (κ3) is 3.60. The first-order valence-corrected chi connectivity index (χ1v) is 8.05. The van der Waals surface area contributed by atoms with Crippen molar-refractivity contribution < 1.29 is 5.11 Å². The largest absolute Gasteiger partial charge is 0.388 e. The van der Waals surface area contributed by atoms with E-state index in [1.54, 1.807) is 18.2 Å². The highest BCUT2D eigenvalue weighted by atomic mass is 35.5. The van der Waals surface area contributed by atoms with Gasteiger partial charge in [0.15, 0.2) is 0 Å². The Bertz CT molecular complexity index is 600. The van der Waals surface area contributed by atoms with Crippen molar-refractivity contribution in [1.29, 1.82) is 0 Å². The fourth-order valence-electron chi connectivity index (χ4n) is 2.94. The highest BCUT2D eigenvalue weighted by molar-refractivity contribution is 6.34. The van der Waals surface area contributed by atoms with Gasteiger partial charge < -0.3 is 5.11 Å². The lowest BCUT2D eigenvalue weighted by Gasteiger charge is -2.11. The minimum atomic E-state index is -0.645. The topological polar surface area (TPSA) is 38.0 Å². The highest BCUT2D eigenvalue weighted by Gasteiger charge is 2.18. The second-order valence-electron chi connectivity index (χ2n) is 5.65. The Morgan fingerprint density at radius 2 is 1.86 bits per heavy atom. The number of hydrogen-bond acceptors (Lipinski definition) is 2. The van der Waals surface area contributed by atoms with Crippen LogP contribution in [-0.4, -0.2) is 14.9 Å². The standard InChI is InChI=1S/C16H18Cl2N2O/c17-12-7-11(8-13(18)9-12)16(21)10-14-5-6-20(19-14)15-3-1-2-4-15/h5-9,15-16,21H,1-4,10H2. The van der Waals surface area contributed by atoms with Crippen LogP contribution in [-0.2, 0) is 6.42 Å². The van der Waals surface area contributed by atoms with Crippen LogP contribution in [0.25, 0.3) is 0 Å². The Hall–Kier alpha value is -1.03. The maximum absolute atomic E-state index is 10.3. The molecule has 0 spiro atoms. The number of aliphatic hydroxyl groups is 1. The van der Waals surface area contributed by atoms with Crippen LogP contribution in [0.15, 0.2) is 30.5 Å². The van der Waals surface area contributed by atoms with Crippen LogP contribution in [0.1, 0.15) is 49.1 Å². The minimum absolute atomic E-state index is 0.469. The summed E-state index contributed by atoms with van der Waals surface area (Å²) in [5, 5.41) is 16.0. The van der Waals surface area contributed by atoms with Crippen molar-refractivity contribution in [2.24, 2.45) is 0 Å². The molecule has 0 bridgehead atoms. The van der Waals surface area contributed by atoms with Crippen LogP contribution in [0.4, 0.5) is 0 Å². The molecule has 3 nitrogen and oxygen atoms in total. The Morgan fingerprint density at radius 3 is 2.52 bits per heavy atom. The zero-order valence-electron chi connectivity index (χ0n) is 11.7. The second-order valence-corrected chi connectivity index (χ2v) is 6.52. The maximum atomic E-state index is 10.3. The molecule has 0 amide bonds. The van der Waals surface area contributed by atoms with Gasteiger partial charge in [-0.3, -0.25) is 4.68 Å². The fourth-order valence-corrected chi connectivity index (χ4v) is 3.48. The van der Waals surface area contributed by atoms with Crippen LogP contribution >= 0.6 is 23.2 Å². The summed E-state index contributed by atoms with van der Waals surface area (Å²) in [7, 11) is 0. The van der Waals surface area contributed by atoms with Crippen LogP contribution in [0, 0.1) is 0 Å². The van der Waals surface area contributed by atoms with Crippen molar-refractivity contribution in [2.75, 3.05) is 0 Å². The van der Waals surface area contributed by atoms with Gasteiger partial charge in [0.2, 0.25) is 0 Å². The van der Waals surface area contributed by atoms with Gasteiger partial charge in [0.1, 0.15) is 0 Å². The summed E-state index contributed by atoms with van der Waals surface area (Å²) in [6, 6.07) is 7.65. The number of nitrogens with zero attached hydrogens (tertiary/aromatic N) is 2. The molecule has 112 valence electrons. The minimum Gasteiger partial charge on any atom is -0.388 e. The molecule has 1 aliphatic carbocycles. The lowest BCUT2D eigenvalue weighted by molar-refractivity contribution is 0.177. The molecule has 1 aromatic heterocycles. The molecule has 1 N–H and O–H groups in total. The molecule has 1 heterocycles. The zero-order valence-corrected chi connectivity index (χ0v) is 13.2. The molecule has 1 fully saturated rings. The molecule has 1 atom stereocenters. The van der Waals surface area contributed by atoms with E-state index in [2.05, 4.69) is 5.10 Å². The monoisotopic (exact) mass is 324 g/mol. The normalized spacial score (nSPS) is 17.3. The molecule has 1 aliphatic rings. The number of rotatable bonds is 4. The molecule has 0 aliphatic heterocycles. The molecule has 2 aromatic rings. The SMILES string of the molecule is OC(Cc1ccn(C2CCCC2)n1)c1cc(Cl)cc(Cl)c1. The fraction of sp³-hybridized carbons (Fsp3) is 0.438. The van der Waals surface area contributed by atoms with Gasteiger partial charge in [0.05, 0.1) is 17.8 Å². The number of halogens is 2. The van der Waals surface area contributed by atoms with Crippen molar-refractivity contribution in [1.82, 2.24) is 9.78 Å². The van der Waals surface area contributed by atoms with Crippen LogP contribution in [0.5, 0.6) is 0 Å². The van der Waals surface area contributed by atoms with Crippen LogP contribution in [0.3, 0.4) is 0 Å². The van der Waals surface area contributed by atoms with E-state index in [1.165, 1.54) is 25.7 Å². The van der Waals surface area contributed by atoms with Gasteiger partial charge in [0, 0.05) is 22.7 Å². The summed E-state index contributed by atoms with van der Waals surface area (Å²) in [4.78, 5) is 0. The third-order valence-corrected chi connectivity index (χ3v) is 4.47. The summed E-state index contributed by atoms with van der Waals surface area (Å²) < 4.78 is 2.04. The molecule has 0 saturated heterocycles. The smallest absolute Gasteiger partial charge is 0.0847 e. The number of aromatic nitrogens is 2. The van der Waals surface area contributed by atoms with Gasteiger partial charge in [-0.1, -0.05) is 36.0 Å². The van der Waals surface area contributed by atoms with Crippen molar-refractivity contribution in [3.63, 3.8) is 0 Å². The highest BCUT2D eigenvalue weighted by Crippen LogP contribution is 2.29. The molecule has 1 saturated carbocycles. The van der Waals surface area contributed by atoms with Gasteiger partial charge in [-0.2, -0.15) is 5.10 Å². The van der Waals surface area contributed by atoms with Crippen molar-refractivity contribution >= 4 is 23.2 Å². The van der Waals surface area contributed by atoms with Gasteiger partial charge in [-0.05, 0) is 42.7 Å². The predicted molar refractivity (Wildman–Crippen MR) is 84.9 cm³/mol. The first-order chi connectivity index (χ1) is 10.1. The summed E-state index contributed by atoms with van der Waals surface area (Å²) in [6.45, 7) is 0. The second kappa shape index (κ2) is 6.39. The van der Waals surface area contributed by atoms with E-state index in [0.29, 0.717) is 22.5 Å². The van der Waals surface area contributed by atoms with E-state index in [0.717, 1.165) is 11.3 Å². The Balaban J connectivity index is 1.70. The summed E-state index contributed by atoms with van der Waals surface area (Å²) in [5.41, 5.74) is 1.62. The molecule has 1 unspecified atom stereocenters. The zero-order chi connectivity index (χ0) is 14.8. The Morgan fingerprint density at radius 1 is 1.19 bits per heavy atom. The van der Waals surface area contributed by atoms with E-state index in [1.807, 2.05) is 16.9 Å². The molecule has 1 aromatic carbocycles. The Kier molecular flexibility index (Phi) is 4.53. The number of hydrogen-bond donors (Lipinski definition) is 1. The molecule has 5 heteroatoms. The van der Waals surface area contributed by atoms with E-state index in [-0.39, 0.29) is 0 Å². The van der Waals surface area contributed by atoms with Crippen molar-refractivity contribution in [3.05, 3.63) is 51.8 Å². The molecule has 3 rings (SSSR count). The lowest BCUT2D eigenvalue weighted by atomic mass is 10.1. The van der Waals surface area contributed by atoms with E-state index >= 15 is 0 Å². The van der Waals surface area contributed by atoms with E-state index in [4.69, 9.17) is 23.2 Å². The van der Waals surface area contributed by atoms with Crippen molar-refractivity contribution in [3.8, 4) is 0 Å². The average molecular weight is 325 g/mol. The summed E-state index contributed by atoms with van der Waals surface area (Å²) >= 11 is 11.9.